The Kier molecular flexibility index (Phi) is 5.53. The van der Waals surface area contributed by atoms with Crippen molar-refractivity contribution in [3.8, 4) is 0 Å². The second-order valence-electron chi connectivity index (χ2n) is 4.24. The number of hydrogen-bond donors (Lipinski definition) is 1. The molecule has 5 heteroatoms. The number of unbranched alkanes of at least 4 members (excludes halogenated alkanes) is 1. The number of thioether (sulfide) groups is 1. The van der Waals surface area contributed by atoms with E-state index in [2.05, 4.69) is 0 Å². The van der Waals surface area contributed by atoms with Gasteiger partial charge in [-0.3, -0.25) is 0 Å². The van der Waals surface area contributed by atoms with Gasteiger partial charge < -0.3 is 5.11 Å². The summed E-state index contributed by atoms with van der Waals surface area (Å²) in [5.41, 5.74) is -5.16. The lowest BCUT2D eigenvalue weighted by atomic mass is 9.90. The Morgan fingerprint density at radius 1 is 1.17 bits per heavy atom. The first-order valence-electron chi connectivity index (χ1n) is 5.86. The monoisotopic (exact) mass is 278 g/mol. The number of alkyl halides is 3. The molecule has 0 aliphatic heterocycles. The third-order valence-corrected chi connectivity index (χ3v) is 3.68. The minimum absolute atomic E-state index is 0.164. The van der Waals surface area contributed by atoms with Crippen molar-refractivity contribution in [3.05, 3.63) is 35.9 Å². The van der Waals surface area contributed by atoms with Gasteiger partial charge in [-0.25, -0.2) is 0 Å². The second-order valence-corrected chi connectivity index (χ2v) is 5.28. The number of benzene rings is 1. The number of rotatable bonds is 6. The average molecular weight is 278 g/mol. The van der Waals surface area contributed by atoms with Crippen molar-refractivity contribution in [3.63, 3.8) is 0 Å². The first-order valence-corrected chi connectivity index (χ1v) is 6.84. The van der Waals surface area contributed by atoms with Crippen LogP contribution in [0.3, 0.4) is 0 Å². The van der Waals surface area contributed by atoms with E-state index in [9.17, 15) is 18.3 Å². The predicted molar refractivity (Wildman–Crippen MR) is 68.4 cm³/mol. The fraction of sp³-hybridized carbons (Fsp3) is 0.538. The zero-order chi connectivity index (χ0) is 13.6. The molecule has 1 aromatic carbocycles. The van der Waals surface area contributed by atoms with Crippen molar-refractivity contribution < 1.29 is 18.3 Å². The van der Waals surface area contributed by atoms with Gasteiger partial charge in [-0.1, -0.05) is 50.1 Å². The SMILES string of the molecule is CCCCC(O)(CSC(F)(F)F)c1ccccc1. The van der Waals surface area contributed by atoms with Crippen LogP contribution in [0.15, 0.2) is 30.3 Å². The average Bonchev–Trinajstić information content (AvgIpc) is 2.34. The van der Waals surface area contributed by atoms with Crippen LogP contribution in [0.2, 0.25) is 0 Å². The van der Waals surface area contributed by atoms with Gasteiger partial charge in [0, 0.05) is 5.75 Å². The third kappa shape index (κ3) is 4.90. The van der Waals surface area contributed by atoms with Crippen molar-refractivity contribution in [2.75, 3.05) is 5.75 Å². The molecule has 0 radical (unpaired) electrons. The van der Waals surface area contributed by atoms with Gasteiger partial charge >= 0.3 is 5.51 Å². The second kappa shape index (κ2) is 6.48. The number of halogens is 3. The summed E-state index contributed by atoms with van der Waals surface area (Å²) in [6, 6.07) is 8.58. The van der Waals surface area contributed by atoms with Crippen LogP contribution in [-0.4, -0.2) is 16.4 Å². The van der Waals surface area contributed by atoms with E-state index in [1.54, 1.807) is 30.3 Å². The van der Waals surface area contributed by atoms with E-state index in [1.807, 2.05) is 6.92 Å². The zero-order valence-electron chi connectivity index (χ0n) is 10.2. The maximum atomic E-state index is 12.3. The standard InChI is InChI=1S/C13H17F3OS/c1-2-3-9-12(17,10-18-13(14,15)16)11-7-5-4-6-8-11/h4-8,17H,2-3,9-10H2,1H3. The first-order chi connectivity index (χ1) is 8.37. The van der Waals surface area contributed by atoms with E-state index in [-0.39, 0.29) is 17.5 Å². The summed E-state index contributed by atoms with van der Waals surface area (Å²) < 4.78 is 36.8. The van der Waals surface area contributed by atoms with Crippen LogP contribution in [0, 0.1) is 0 Å². The van der Waals surface area contributed by atoms with E-state index < -0.39 is 11.1 Å². The highest BCUT2D eigenvalue weighted by atomic mass is 32.2. The lowest BCUT2D eigenvalue weighted by Crippen LogP contribution is -2.30. The van der Waals surface area contributed by atoms with Crippen molar-refractivity contribution in [2.24, 2.45) is 0 Å². The molecule has 0 aliphatic carbocycles. The normalized spacial score (nSPS) is 15.4. The van der Waals surface area contributed by atoms with Crippen LogP contribution in [0.25, 0.3) is 0 Å². The molecule has 0 saturated heterocycles. The largest absolute Gasteiger partial charge is 0.441 e. The Morgan fingerprint density at radius 3 is 2.28 bits per heavy atom. The maximum absolute atomic E-state index is 12.3. The molecule has 0 fully saturated rings. The van der Waals surface area contributed by atoms with Gasteiger partial charge in [0.2, 0.25) is 0 Å². The molecule has 1 atom stereocenters. The first kappa shape index (κ1) is 15.4. The minimum atomic E-state index is -4.31. The smallest absolute Gasteiger partial charge is 0.384 e. The molecule has 0 saturated carbocycles. The fourth-order valence-corrected chi connectivity index (χ4v) is 2.43. The zero-order valence-corrected chi connectivity index (χ0v) is 11.0. The fourth-order valence-electron chi connectivity index (χ4n) is 1.72. The topological polar surface area (TPSA) is 20.2 Å². The van der Waals surface area contributed by atoms with Crippen LogP contribution >= 0.6 is 11.8 Å². The van der Waals surface area contributed by atoms with Gasteiger partial charge in [0.25, 0.3) is 0 Å². The molecule has 18 heavy (non-hydrogen) atoms. The maximum Gasteiger partial charge on any atom is 0.441 e. The molecule has 102 valence electrons. The molecule has 1 unspecified atom stereocenters. The molecule has 0 bridgehead atoms. The molecule has 1 aromatic rings. The lowest BCUT2D eigenvalue weighted by Gasteiger charge is -2.28. The van der Waals surface area contributed by atoms with Gasteiger partial charge in [-0.15, -0.1) is 0 Å². The van der Waals surface area contributed by atoms with E-state index in [0.717, 1.165) is 6.42 Å². The highest BCUT2D eigenvalue weighted by Gasteiger charge is 2.36. The Balaban J connectivity index is 2.82. The summed E-state index contributed by atoms with van der Waals surface area (Å²) in [5, 5.41) is 10.5. The van der Waals surface area contributed by atoms with Gasteiger partial charge in [0.15, 0.2) is 0 Å². The molecule has 0 amide bonds. The Morgan fingerprint density at radius 2 is 1.78 bits per heavy atom. The molecule has 1 nitrogen and oxygen atoms in total. The summed E-state index contributed by atoms with van der Waals surface area (Å²) in [6.07, 6.45) is 1.88. The molecule has 0 spiro atoms. The van der Waals surface area contributed by atoms with Crippen molar-refractivity contribution in [1.82, 2.24) is 0 Å². The van der Waals surface area contributed by atoms with Crippen LogP contribution < -0.4 is 0 Å². The summed E-state index contributed by atoms with van der Waals surface area (Å²) in [7, 11) is 0. The Hall–Kier alpha value is -0.680. The number of aliphatic hydroxyl groups is 1. The van der Waals surface area contributed by atoms with Crippen molar-refractivity contribution in [2.45, 2.75) is 37.3 Å². The summed E-state index contributed by atoms with van der Waals surface area (Å²) in [5.74, 6) is -0.361. The van der Waals surface area contributed by atoms with E-state index in [0.29, 0.717) is 18.4 Å². The molecular weight excluding hydrogens is 261 g/mol. The van der Waals surface area contributed by atoms with Gasteiger partial charge in [-0.2, -0.15) is 13.2 Å². The minimum Gasteiger partial charge on any atom is -0.384 e. The summed E-state index contributed by atoms with van der Waals surface area (Å²) in [4.78, 5) is 0. The molecular formula is C13H17F3OS. The molecule has 0 aromatic heterocycles. The van der Waals surface area contributed by atoms with Crippen molar-refractivity contribution in [1.29, 1.82) is 0 Å². The molecule has 0 aliphatic rings. The summed E-state index contributed by atoms with van der Waals surface area (Å²) >= 11 is -0.164. The Labute approximate surface area is 109 Å². The van der Waals surface area contributed by atoms with Gasteiger partial charge in [0.05, 0.1) is 5.60 Å². The quantitative estimate of drug-likeness (QED) is 0.836. The van der Waals surface area contributed by atoms with Crippen molar-refractivity contribution >= 4 is 11.8 Å². The predicted octanol–water partition coefficient (Wildman–Crippen LogP) is 4.32. The summed E-state index contributed by atoms with van der Waals surface area (Å²) in [6.45, 7) is 1.95. The molecule has 1 N–H and O–H groups in total. The number of hydrogen-bond acceptors (Lipinski definition) is 2. The highest BCUT2D eigenvalue weighted by Crippen LogP contribution is 2.38. The lowest BCUT2D eigenvalue weighted by molar-refractivity contribution is -0.0353. The van der Waals surface area contributed by atoms with Crippen LogP contribution in [-0.2, 0) is 5.60 Å². The van der Waals surface area contributed by atoms with Crippen LogP contribution in [0.4, 0.5) is 13.2 Å². The van der Waals surface area contributed by atoms with Gasteiger partial charge in [-0.05, 0) is 23.7 Å². The Bertz CT molecular complexity index is 353. The van der Waals surface area contributed by atoms with Crippen LogP contribution in [0.1, 0.15) is 31.7 Å². The van der Waals surface area contributed by atoms with Crippen LogP contribution in [0.5, 0.6) is 0 Å². The third-order valence-electron chi connectivity index (χ3n) is 2.73. The van der Waals surface area contributed by atoms with Gasteiger partial charge in [0.1, 0.15) is 0 Å². The molecule has 0 heterocycles. The van der Waals surface area contributed by atoms with E-state index >= 15 is 0 Å². The van der Waals surface area contributed by atoms with E-state index in [1.165, 1.54) is 0 Å². The highest BCUT2D eigenvalue weighted by molar-refractivity contribution is 8.00. The van der Waals surface area contributed by atoms with E-state index in [4.69, 9.17) is 0 Å². The molecule has 1 rings (SSSR count).